The molecule has 0 bridgehead atoms. The number of hydrogen-bond acceptors (Lipinski definition) is 1. The predicted octanol–water partition coefficient (Wildman–Crippen LogP) is 7.26. The highest BCUT2D eigenvalue weighted by molar-refractivity contribution is 4.79. The molecule has 0 aromatic rings. The number of aliphatic hydroxyl groups is 1. The van der Waals surface area contributed by atoms with Crippen molar-refractivity contribution in [2.75, 3.05) is 0 Å². The first-order valence-corrected chi connectivity index (χ1v) is 10.3. The van der Waals surface area contributed by atoms with Crippen LogP contribution in [0, 0.1) is 5.92 Å². The molecule has 0 fully saturated rings. The standard InChI is InChI=1S/C21H44O/c1-5-7-8-9-10-11-12-13-14-15-16-17-18-19-21(22,6-2)20(3)4/h20,22H,5-19H2,1-4H3. The van der Waals surface area contributed by atoms with E-state index in [1.165, 1.54) is 83.5 Å². The molecule has 1 unspecified atom stereocenters. The lowest BCUT2D eigenvalue weighted by atomic mass is 9.83. The topological polar surface area (TPSA) is 20.2 Å². The van der Waals surface area contributed by atoms with Crippen LogP contribution in [-0.4, -0.2) is 10.7 Å². The highest BCUT2D eigenvalue weighted by atomic mass is 16.3. The zero-order valence-electron chi connectivity index (χ0n) is 16.1. The molecule has 0 heterocycles. The number of hydrogen-bond donors (Lipinski definition) is 1. The van der Waals surface area contributed by atoms with Crippen molar-refractivity contribution in [3.8, 4) is 0 Å². The van der Waals surface area contributed by atoms with Crippen molar-refractivity contribution >= 4 is 0 Å². The fourth-order valence-corrected chi connectivity index (χ4v) is 3.32. The van der Waals surface area contributed by atoms with Gasteiger partial charge in [-0.1, -0.05) is 111 Å². The summed E-state index contributed by atoms with van der Waals surface area (Å²) in [5.74, 6) is 0.384. The fourth-order valence-electron chi connectivity index (χ4n) is 3.32. The first-order valence-electron chi connectivity index (χ1n) is 10.3. The third-order valence-corrected chi connectivity index (χ3v) is 5.40. The van der Waals surface area contributed by atoms with Crippen molar-refractivity contribution in [3.05, 3.63) is 0 Å². The molecular formula is C21H44O. The van der Waals surface area contributed by atoms with E-state index in [0.29, 0.717) is 5.92 Å². The Hall–Kier alpha value is -0.0400. The lowest BCUT2D eigenvalue weighted by Gasteiger charge is -2.31. The summed E-state index contributed by atoms with van der Waals surface area (Å²) < 4.78 is 0. The lowest BCUT2D eigenvalue weighted by molar-refractivity contribution is -0.0186. The van der Waals surface area contributed by atoms with Gasteiger partial charge in [-0.3, -0.25) is 0 Å². The van der Waals surface area contributed by atoms with Crippen LogP contribution in [0.5, 0.6) is 0 Å². The van der Waals surface area contributed by atoms with Crippen LogP contribution in [0.25, 0.3) is 0 Å². The molecule has 0 saturated carbocycles. The molecule has 1 atom stereocenters. The van der Waals surface area contributed by atoms with Crippen LogP contribution in [0.1, 0.15) is 124 Å². The van der Waals surface area contributed by atoms with Gasteiger partial charge in [-0.05, 0) is 18.8 Å². The van der Waals surface area contributed by atoms with Crippen molar-refractivity contribution in [1.29, 1.82) is 0 Å². The first-order chi connectivity index (χ1) is 10.6. The van der Waals surface area contributed by atoms with Gasteiger partial charge in [-0.2, -0.15) is 0 Å². The highest BCUT2D eigenvalue weighted by Gasteiger charge is 2.27. The average Bonchev–Trinajstić information content (AvgIpc) is 2.51. The molecule has 0 aliphatic rings. The van der Waals surface area contributed by atoms with E-state index >= 15 is 0 Å². The lowest BCUT2D eigenvalue weighted by Crippen LogP contribution is -2.33. The van der Waals surface area contributed by atoms with Gasteiger partial charge in [-0.25, -0.2) is 0 Å². The summed E-state index contributed by atoms with van der Waals surface area (Å²) in [4.78, 5) is 0. The maximum atomic E-state index is 10.5. The SMILES string of the molecule is CCCCCCCCCCCCCCCC(O)(CC)C(C)C. The molecule has 0 saturated heterocycles. The molecule has 134 valence electrons. The van der Waals surface area contributed by atoms with Crippen molar-refractivity contribution in [2.45, 2.75) is 130 Å². The maximum absolute atomic E-state index is 10.5. The van der Waals surface area contributed by atoms with Gasteiger partial charge in [0.05, 0.1) is 5.60 Å². The largest absolute Gasteiger partial charge is 0.390 e. The molecule has 0 amide bonds. The molecule has 0 rings (SSSR count). The smallest absolute Gasteiger partial charge is 0.0668 e. The molecule has 0 aliphatic carbocycles. The summed E-state index contributed by atoms with van der Waals surface area (Å²) in [6.45, 7) is 8.69. The van der Waals surface area contributed by atoms with E-state index in [1.807, 2.05) is 0 Å². The maximum Gasteiger partial charge on any atom is 0.0668 e. The van der Waals surface area contributed by atoms with E-state index in [-0.39, 0.29) is 0 Å². The van der Waals surface area contributed by atoms with Crippen LogP contribution < -0.4 is 0 Å². The second kappa shape index (κ2) is 14.5. The third-order valence-electron chi connectivity index (χ3n) is 5.40. The normalized spacial score (nSPS) is 14.5. The summed E-state index contributed by atoms with van der Waals surface area (Å²) in [5, 5.41) is 10.5. The fraction of sp³-hybridized carbons (Fsp3) is 1.00. The summed E-state index contributed by atoms with van der Waals surface area (Å²) >= 11 is 0. The van der Waals surface area contributed by atoms with Crippen LogP contribution in [0.3, 0.4) is 0 Å². The van der Waals surface area contributed by atoms with Gasteiger partial charge in [0.1, 0.15) is 0 Å². The first kappa shape index (κ1) is 22.0. The van der Waals surface area contributed by atoms with E-state index in [4.69, 9.17) is 0 Å². The van der Waals surface area contributed by atoms with Gasteiger partial charge >= 0.3 is 0 Å². The van der Waals surface area contributed by atoms with Crippen molar-refractivity contribution < 1.29 is 5.11 Å². The van der Waals surface area contributed by atoms with E-state index in [0.717, 1.165) is 12.8 Å². The second-order valence-electron chi connectivity index (χ2n) is 7.60. The Labute approximate surface area is 141 Å². The van der Waals surface area contributed by atoms with Gasteiger partial charge in [-0.15, -0.1) is 0 Å². The molecule has 1 heteroatoms. The van der Waals surface area contributed by atoms with E-state index in [9.17, 15) is 5.11 Å². The minimum atomic E-state index is -0.419. The van der Waals surface area contributed by atoms with Crippen LogP contribution >= 0.6 is 0 Å². The van der Waals surface area contributed by atoms with Crippen LogP contribution in [0.2, 0.25) is 0 Å². The van der Waals surface area contributed by atoms with Crippen LogP contribution in [0.15, 0.2) is 0 Å². The number of unbranched alkanes of at least 4 members (excludes halogenated alkanes) is 12. The summed E-state index contributed by atoms with van der Waals surface area (Å²) in [6, 6.07) is 0. The summed E-state index contributed by atoms with van der Waals surface area (Å²) in [5.41, 5.74) is -0.419. The van der Waals surface area contributed by atoms with Gasteiger partial charge in [0, 0.05) is 0 Å². The highest BCUT2D eigenvalue weighted by Crippen LogP contribution is 2.27. The average molecular weight is 313 g/mol. The molecular weight excluding hydrogens is 268 g/mol. The van der Waals surface area contributed by atoms with Gasteiger partial charge < -0.3 is 5.11 Å². The molecule has 0 radical (unpaired) electrons. The van der Waals surface area contributed by atoms with E-state index < -0.39 is 5.60 Å². The van der Waals surface area contributed by atoms with E-state index in [1.54, 1.807) is 0 Å². The molecule has 1 N–H and O–H groups in total. The molecule has 0 spiro atoms. The summed E-state index contributed by atoms with van der Waals surface area (Å²) in [7, 11) is 0. The molecule has 1 nitrogen and oxygen atoms in total. The molecule has 0 aromatic carbocycles. The Bertz CT molecular complexity index is 224. The quantitative estimate of drug-likeness (QED) is 0.297. The zero-order valence-corrected chi connectivity index (χ0v) is 16.1. The second-order valence-corrected chi connectivity index (χ2v) is 7.60. The van der Waals surface area contributed by atoms with Gasteiger partial charge in [0.15, 0.2) is 0 Å². The van der Waals surface area contributed by atoms with Gasteiger partial charge in [0.2, 0.25) is 0 Å². The Balaban J connectivity index is 3.27. The monoisotopic (exact) mass is 312 g/mol. The zero-order chi connectivity index (χ0) is 16.7. The molecule has 22 heavy (non-hydrogen) atoms. The predicted molar refractivity (Wildman–Crippen MR) is 100 cm³/mol. The Morgan fingerprint density at radius 2 is 1.00 bits per heavy atom. The minimum absolute atomic E-state index is 0.384. The summed E-state index contributed by atoms with van der Waals surface area (Å²) in [6.07, 6.45) is 20.0. The third kappa shape index (κ3) is 11.5. The molecule has 0 aliphatic heterocycles. The molecule has 0 aromatic heterocycles. The van der Waals surface area contributed by atoms with Crippen molar-refractivity contribution in [2.24, 2.45) is 5.92 Å². The van der Waals surface area contributed by atoms with Gasteiger partial charge in [0.25, 0.3) is 0 Å². The Morgan fingerprint density at radius 1 is 0.636 bits per heavy atom. The van der Waals surface area contributed by atoms with Crippen LogP contribution in [0.4, 0.5) is 0 Å². The van der Waals surface area contributed by atoms with Crippen LogP contribution in [-0.2, 0) is 0 Å². The van der Waals surface area contributed by atoms with E-state index in [2.05, 4.69) is 27.7 Å². The van der Waals surface area contributed by atoms with Crippen molar-refractivity contribution in [3.63, 3.8) is 0 Å². The number of rotatable bonds is 16. The van der Waals surface area contributed by atoms with Crippen molar-refractivity contribution in [1.82, 2.24) is 0 Å². The minimum Gasteiger partial charge on any atom is -0.390 e. The Kier molecular flexibility index (Phi) is 14.5. The Morgan fingerprint density at radius 3 is 1.32 bits per heavy atom.